The molecule has 370 valence electrons. The number of halogens is 2. The van der Waals surface area contributed by atoms with Gasteiger partial charge in [-0.15, -0.1) is 24.8 Å². The number of H-pyrrole nitrogens is 2. The molecule has 0 saturated heterocycles. The Bertz CT molecular complexity index is 2300. The number of nitrogens with zero attached hydrogens (tertiary/aromatic N) is 4. The summed E-state index contributed by atoms with van der Waals surface area (Å²) in [5.74, 6) is 1.74. The van der Waals surface area contributed by atoms with Gasteiger partial charge < -0.3 is 35.0 Å². The van der Waals surface area contributed by atoms with Crippen molar-refractivity contribution in [3.63, 3.8) is 0 Å². The van der Waals surface area contributed by atoms with E-state index >= 15 is 0 Å². The third-order valence-electron chi connectivity index (χ3n) is 11.3. The highest BCUT2D eigenvalue weighted by Crippen LogP contribution is 2.33. The van der Waals surface area contributed by atoms with Crippen molar-refractivity contribution in [2.24, 2.45) is 5.73 Å². The number of nitrogens with two attached hydrogens (primary N) is 1. The van der Waals surface area contributed by atoms with Gasteiger partial charge in [-0.1, -0.05) is 90.0 Å². The molecule has 11 heteroatoms. The minimum Gasteiger partial charge on any atom is -0.494 e. The van der Waals surface area contributed by atoms with Gasteiger partial charge in [0.1, 0.15) is 11.5 Å². The second-order valence-corrected chi connectivity index (χ2v) is 18.8. The zero-order valence-corrected chi connectivity index (χ0v) is 44.1. The highest BCUT2D eigenvalue weighted by molar-refractivity contribution is 5.93. The fourth-order valence-corrected chi connectivity index (χ4v) is 7.63. The molecule has 7 rings (SSSR count). The number of nitrogens with one attached hydrogen (secondary N) is 2. The van der Waals surface area contributed by atoms with E-state index in [0.717, 1.165) is 104 Å². The quantitative estimate of drug-likeness (QED) is 0.0653. The van der Waals surface area contributed by atoms with Crippen molar-refractivity contribution in [3.8, 4) is 33.8 Å². The Morgan fingerprint density at radius 3 is 1.29 bits per heavy atom. The molecule has 5 heterocycles. The number of hydrogen-bond donors (Lipinski definition) is 3. The molecule has 2 aliphatic heterocycles. The maximum absolute atomic E-state index is 5.84. The van der Waals surface area contributed by atoms with Crippen LogP contribution < -0.4 is 15.2 Å². The predicted molar refractivity (Wildman–Crippen MR) is 298 cm³/mol. The number of ether oxygens (including phenoxy) is 2. The van der Waals surface area contributed by atoms with Gasteiger partial charge >= 0.3 is 0 Å². The molecule has 0 spiro atoms. The van der Waals surface area contributed by atoms with Crippen LogP contribution >= 0.6 is 24.8 Å². The highest BCUT2D eigenvalue weighted by atomic mass is 35.5. The Kier molecular flexibility index (Phi) is 25.2. The molecule has 0 radical (unpaired) electrons. The van der Waals surface area contributed by atoms with E-state index in [4.69, 9.17) is 25.2 Å². The van der Waals surface area contributed by atoms with Crippen LogP contribution in [0.1, 0.15) is 128 Å². The van der Waals surface area contributed by atoms with Crippen LogP contribution in [-0.2, 0) is 0 Å². The Balaban J connectivity index is 0.000000426. The molecule has 3 aromatic heterocycles. The first kappa shape index (κ1) is 57.4. The topological polar surface area (TPSA) is 108 Å². The molecule has 0 aliphatic carbocycles. The molecule has 9 nitrogen and oxygen atoms in total. The van der Waals surface area contributed by atoms with Gasteiger partial charge in [-0.25, -0.2) is 9.97 Å². The van der Waals surface area contributed by atoms with Crippen LogP contribution in [-0.4, -0.2) is 89.8 Å². The fraction of sp³-hybridized carbons (Fsp3) is 0.439. The van der Waals surface area contributed by atoms with Crippen molar-refractivity contribution in [1.82, 2.24) is 29.7 Å². The lowest BCUT2D eigenvalue weighted by Crippen LogP contribution is -2.35. The lowest BCUT2D eigenvalue weighted by molar-refractivity contribution is 0.317. The lowest BCUT2D eigenvalue weighted by atomic mass is 10.0. The summed E-state index contributed by atoms with van der Waals surface area (Å²) in [6.07, 6.45) is 22.7. The van der Waals surface area contributed by atoms with E-state index in [1.807, 2.05) is 24.3 Å². The van der Waals surface area contributed by atoms with Gasteiger partial charge in [0.2, 0.25) is 0 Å². The van der Waals surface area contributed by atoms with Crippen LogP contribution in [0.2, 0.25) is 0 Å². The number of benzene rings is 2. The number of hydrogen-bond acceptors (Lipinski definition) is 7. The van der Waals surface area contributed by atoms with Gasteiger partial charge in [-0.3, -0.25) is 0 Å². The third kappa shape index (κ3) is 19.2. The van der Waals surface area contributed by atoms with Crippen LogP contribution in [0.4, 0.5) is 0 Å². The molecule has 8 bridgehead atoms. The molecule has 0 unspecified atom stereocenters. The standard InChI is InChI=1S/C38H34N4O2.C12H27N.C7H18N2.2ClH/c1-3-21-43-31-13-5-25(6-14-31)37-33-17-9-27(39-33)23-29-11-19-35(41-29)38(26-7-15-32(16-8-26)44-22-4-2)36-20-12-30(42-36)24-28-10-18-34(37)40-28;1-4-5-6-7-8-9-10-11-12-13(2)3;1-7(2,8)5-6-9(3)4;;/h5-20,23-24,39,42H,3-4,21-22H2,1-2H3;4-12H2,1-3H3;5-6,8H2,1-4H3;2*1H. The van der Waals surface area contributed by atoms with Gasteiger partial charge in [0.05, 0.1) is 36.0 Å². The van der Waals surface area contributed by atoms with Gasteiger partial charge in [0.15, 0.2) is 0 Å². The molecule has 68 heavy (non-hydrogen) atoms. The largest absolute Gasteiger partial charge is 0.494 e. The number of rotatable bonds is 20. The van der Waals surface area contributed by atoms with E-state index in [0.29, 0.717) is 13.2 Å². The predicted octanol–water partition coefficient (Wildman–Crippen LogP) is 14.8. The van der Waals surface area contributed by atoms with E-state index in [-0.39, 0.29) is 30.4 Å². The zero-order valence-electron chi connectivity index (χ0n) is 42.5. The molecular formula is C57H81Cl2N7O2. The summed E-state index contributed by atoms with van der Waals surface area (Å²) in [5, 5.41) is 0. The summed E-state index contributed by atoms with van der Waals surface area (Å²) in [5.41, 5.74) is 17.4. The van der Waals surface area contributed by atoms with E-state index in [1.165, 1.54) is 57.9 Å². The van der Waals surface area contributed by atoms with E-state index in [9.17, 15) is 0 Å². The van der Waals surface area contributed by atoms with E-state index in [2.05, 4.69) is 168 Å². The lowest BCUT2D eigenvalue weighted by Gasteiger charge is -2.20. The highest BCUT2D eigenvalue weighted by Gasteiger charge is 2.14. The summed E-state index contributed by atoms with van der Waals surface area (Å²) in [6.45, 7) is 14.3. The monoisotopic (exact) mass is 966 g/mol. The number of unbranched alkanes of at least 4 members (excludes halogenated alkanes) is 7. The average molecular weight is 967 g/mol. The Labute approximate surface area is 420 Å². The van der Waals surface area contributed by atoms with Crippen LogP contribution in [0.5, 0.6) is 11.5 Å². The van der Waals surface area contributed by atoms with Crippen LogP contribution in [0, 0.1) is 0 Å². The molecule has 0 saturated carbocycles. The van der Waals surface area contributed by atoms with E-state index < -0.39 is 0 Å². The number of aromatic amines is 2. The number of aromatic nitrogens is 4. The van der Waals surface area contributed by atoms with Gasteiger partial charge in [0.25, 0.3) is 0 Å². The summed E-state index contributed by atoms with van der Waals surface area (Å²) in [6, 6.07) is 29.1. The minimum atomic E-state index is -0.00965. The zero-order chi connectivity index (χ0) is 47.3. The van der Waals surface area contributed by atoms with E-state index in [1.54, 1.807) is 0 Å². The molecule has 4 N–H and O–H groups in total. The third-order valence-corrected chi connectivity index (χ3v) is 11.3. The maximum Gasteiger partial charge on any atom is 0.119 e. The molecule has 5 aromatic rings. The molecule has 2 aliphatic rings. The second kappa shape index (κ2) is 29.9. The smallest absolute Gasteiger partial charge is 0.119 e. The van der Waals surface area contributed by atoms with Crippen molar-refractivity contribution < 1.29 is 9.47 Å². The summed E-state index contributed by atoms with van der Waals surface area (Å²) >= 11 is 0. The van der Waals surface area contributed by atoms with Crippen molar-refractivity contribution in [3.05, 3.63) is 108 Å². The Morgan fingerprint density at radius 2 is 0.926 bits per heavy atom. The maximum atomic E-state index is 5.84. The van der Waals surface area contributed by atoms with Crippen LogP contribution in [0.3, 0.4) is 0 Å². The summed E-state index contributed by atoms with van der Waals surface area (Å²) in [4.78, 5) is 21.8. The van der Waals surface area contributed by atoms with Crippen LogP contribution in [0.25, 0.3) is 68.6 Å². The normalized spacial score (nSPS) is 11.6. The summed E-state index contributed by atoms with van der Waals surface area (Å²) in [7, 11) is 8.43. The molecule has 0 atom stereocenters. The van der Waals surface area contributed by atoms with Crippen molar-refractivity contribution in [1.29, 1.82) is 0 Å². The van der Waals surface area contributed by atoms with Crippen LogP contribution in [0.15, 0.2) is 84.9 Å². The SMILES string of the molecule is CCCCCCCCCCN(C)C.CCCOc1ccc(-c2c3nc(cc4ccc([nH]4)c(-c4ccc(OCCC)cc4)c4nc(cc5ccc2[nH]5)C=C4)C=C3)cc1.CN(C)CCC(C)(C)N.Cl.Cl. The average Bonchev–Trinajstić information content (AvgIpc) is 4.14. The van der Waals surface area contributed by atoms with Crippen molar-refractivity contribution in [2.75, 3.05) is 54.5 Å². The fourth-order valence-electron chi connectivity index (χ4n) is 7.63. The first-order chi connectivity index (χ1) is 31.8. The first-order valence-electron chi connectivity index (χ1n) is 24.5. The van der Waals surface area contributed by atoms with Gasteiger partial charge in [0, 0.05) is 38.7 Å². The molecule has 0 fully saturated rings. The Hall–Kier alpha value is -4.90. The van der Waals surface area contributed by atoms with Gasteiger partial charge in [-0.05, 0) is 177 Å². The first-order valence-corrected chi connectivity index (χ1v) is 24.5. The second-order valence-electron chi connectivity index (χ2n) is 18.8. The Morgan fingerprint density at radius 1 is 0.515 bits per heavy atom. The van der Waals surface area contributed by atoms with Crippen molar-refractivity contribution in [2.45, 2.75) is 111 Å². The molecule has 2 aromatic carbocycles. The molecular weight excluding hydrogens is 886 g/mol. The molecule has 0 amide bonds. The number of fused-ring (bicyclic) bond motifs is 8. The minimum absolute atomic E-state index is 0. The van der Waals surface area contributed by atoms with Gasteiger partial charge in [-0.2, -0.15) is 0 Å². The van der Waals surface area contributed by atoms with Crippen molar-refractivity contribution >= 4 is 71.2 Å². The summed E-state index contributed by atoms with van der Waals surface area (Å²) < 4.78 is 11.7.